The van der Waals surface area contributed by atoms with E-state index in [9.17, 15) is 5.11 Å². The third-order valence-corrected chi connectivity index (χ3v) is 4.48. The number of benzene rings is 1. The molecule has 0 amide bonds. The summed E-state index contributed by atoms with van der Waals surface area (Å²) in [7, 11) is 0. The minimum atomic E-state index is -0.629. The summed E-state index contributed by atoms with van der Waals surface area (Å²) in [5.74, 6) is 0. The van der Waals surface area contributed by atoms with Gasteiger partial charge in [0.25, 0.3) is 0 Å². The number of rotatable bonds is 3. The topological polar surface area (TPSA) is 23.5 Å². The molecule has 106 valence electrons. The van der Waals surface area contributed by atoms with Crippen molar-refractivity contribution in [1.82, 2.24) is 4.90 Å². The molecular formula is C17H27NO. The van der Waals surface area contributed by atoms with Gasteiger partial charge in [-0.05, 0) is 57.2 Å². The first kappa shape index (κ1) is 14.5. The van der Waals surface area contributed by atoms with Crippen molar-refractivity contribution < 1.29 is 5.11 Å². The monoisotopic (exact) mass is 261 g/mol. The fourth-order valence-corrected chi connectivity index (χ4v) is 3.00. The first-order chi connectivity index (χ1) is 9.05. The Labute approximate surface area is 117 Å². The Hall–Kier alpha value is -0.860. The summed E-state index contributed by atoms with van der Waals surface area (Å²) in [6.45, 7) is 8.73. The lowest BCUT2D eigenvalue weighted by atomic mass is 9.86. The average molecular weight is 261 g/mol. The Morgan fingerprint density at radius 2 is 1.84 bits per heavy atom. The van der Waals surface area contributed by atoms with E-state index in [1.807, 2.05) is 0 Å². The van der Waals surface area contributed by atoms with E-state index in [1.54, 1.807) is 0 Å². The van der Waals surface area contributed by atoms with Gasteiger partial charge in [-0.2, -0.15) is 0 Å². The molecule has 1 unspecified atom stereocenters. The van der Waals surface area contributed by atoms with Crippen molar-refractivity contribution in [3.63, 3.8) is 0 Å². The zero-order valence-corrected chi connectivity index (χ0v) is 12.5. The third kappa shape index (κ3) is 3.37. The number of hydrogen-bond donors (Lipinski definition) is 1. The molecule has 1 aromatic rings. The molecule has 19 heavy (non-hydrogen) atoms. The molecule has 0 aromatic heterocycles. The highest BCUT2D eigenvalue weighted by Crippen LogP contribution is 2.33. The second kappa shape index (κ2) is 6.06. The van der Waals surface area contributed by atoms with E-state index < -0.39 is 5.60 Å². The van der Waals surface area contributed by atoms with Crippen molar-refractivity contribution in [3.8, 4) is 0 Å². The second-order valence-electron chi connectivity index (χ2n) is 6.07. The van der Waals surface area contributed by atoms with Crippen molar-refractivity contribution >= 4 is 0 Å². The van der Waals surface area contributed by atoms with Gasteiger partial charge < -0.3 is 10.0 Å². The van der Waals surface area contributed by atoms with Crippen molar-refractivity contribution in [1.29, 1.82) is 0 Å². The van der Waals surface area contributed by atoms with E-state index >= 15 is 0 Å². The summed E-state index contributed by atoms with van der Waals surface area (Å²) in [5.41, 5.74) is 1.80. The van der Waals surface area contributed by atoms with Crippen LogP contribution < -0.4 is 0 Å². The Balaban J connectivity index is 2.12. The van der Waals surface area contributed by atoms with Crippen LogP contribution in [0, 0.1) is 0 Å². The minimum absolute atomic E-state index is 0.574. The number of nitrogens with zero attached hydrogens (tertiary/aromatic N) is 1. The van der Waals surface area contributed by atoms with Crippen LogP contribution in [0.4, 0.5) is 0 Å². The van der Waals surface area contributed by atoms with Crippen LogP contribution in [0.5, 0.6) is 0 Å². The molecule has 2 rings (SSSR count). The van der Waals surface area contributed by atoms with E-state index in [1.165, 1.54) is 5.56 Å². The molecule has 0 saturated carbocycles. The summed E-state index contributed by atoms with van der Waals surface area (Å²) in [6.07, 6.45) is 3.85. The van der Waals surface area contributed by atoms with Crippen LogP contribution in [-0.4, -0.2) is 29.1 Å². The normalized spacial score (nSPS) is 25.5. The summed E-state index contributed by atoms with van der Waals surface area (Å²) in [5, 5.41) is 11.0. The van der Waals surface area contributed by atoms with Gasteiger partial charge >= 0.3 is 0 Å². The van der Waals surface area contributed by atoms with Gasteiger partial charge in [-0.15, -0.1) is 0 Å². The Morgan fingerprint density at radius 1 is 1.16 bits per heavy atom. The maximum atomic E-state index is 11.0. The zero-order chi connectivity index (χ0) is 13.9. The van der Waals surface area contributed by atoms with Crippen LogP contribution in [-0.2, 0) is 12.0 Å². The lowest BCUT2D eigenvalue weighted by Crippen LogP contribution is -2.33. The molecule has 2 heteroatoms. The van der Waals surface area contributed by atoms with Gasteiger partial charge in [0.15, 0.2) is 0 Å². The van der Waals surface area contributed by atoms with E-state index in [4.69, 9.17) is 0 Å². The van der Waals surface area contributed by atoms with Crippen molar-refractivity contribution in [2.45, 2.75) is 58.1 Å². The van der Waals surface area contributed by atoms with Crippen LogP contribution >= 0.6 is 0 Å². The van der Waals surface area contributed by atoms with Gasteiger partial charge in [0.05, 0.1) is 5.60 Å². The molecule has 1 N–H and O–H groups in total. The Morgan fingerprint density at radius 3 is 2.42 bits per heavy atom. The van der Waals surface area contributed by atoms with Crippen molar-refractivity contribution in [2.75, 3.05) is 13.1 Å². The Bertz CT molecular complexity index is 398. The highest BCUT2D eigenvalue weighted by atomic mass is 16.3. The van der Waals surface area contributed by atoms with Gasteiger partial charge in [-0.3, -0.25) is 0 Å². The smallest absolute Gasteiger partial charge is 0.0909 e. The van der Waals surface area contributed by atoms with Gasteiger partial charge in [-0.1, -0.05) is 31.2 Å². The molecule has 0 bridgehead atoms. The summed E-state index contributed by atoms with van der Waals surface area (Å²) in [4.78, 5) is 2.47. The highest BCUT2D eigenvalue weighted by molar-refractivity contribution is 5.27. The summed E-state index contributed by atoms with van der Waals surface area (Å²) < 4.78 is 0. The average Bonchev–Trinajstić information content (AvgIpc) is 2.62. The molecule has 0 radical (unpaired) electrons. The SMILES string of the molecule is CCc1ccc(C2(O)CCCN(C(C)C)CC2)cc1. The Kier molecular flexibility index (Phi) is 4.64. The van der Waals surface area contributed by atoms with Gasteiger partial charge in [-0.25, -0.2) is 0 Å². The fourth-order valence-electron chi connectivity index (χ4n) is 3.00. The van der Waals surface area contributed by atoms with E-state index in [2.05, 4.69) is 49.9 Å². The molecule has 1 atom stereocenters. The molecular weight excluding hydrogens is 234 g/mol. The number of hydrogen-bond acceptors (Lipinski definition) is 2. The first-order valence-electron chi connectivity index (χ1n) is 7.61. The molecule has 1 aromatic carbocycles. The zero-order valence-electron chi connectivity index (χ0n) is 12.5. The van der Waals surface area contributed by atoms with Gasteiger partial charge in [0.1, 0.15) is 0 Å². The maximum Gasteiger partial charge on any atom is 0.0909 e. The van der Waals surface area contributed by atoms with E-state index in [0.717, 1.165) is 44.3 Å². The lowest BCUT2D eigenvalue weighted by molar-refractivity contribution is 0.0204. The lowest BCUT2D eigenvalue weighted by Gasteiger charge is -2.28. The van der Waals surface area contributed by atoms with Gasteiger partial charge in [0, 0.05) is 12.6 Å². The predicted octanol–water partition coefficient (Wildman–Crippen LogP) is 3.33. The maximum absolute atomic E-state index is 11.0. The van der Waals surface area contributed by atoms with Crippen LogP contribution in [0.15, 0.2) is 24.3 Å². The molecule has 1 saturated heterocycles. The second-order valence-corrected chi connectivity index (χ2v) is 6.07. The molecule has 2 nitrogen and oxygen atoms in total. The quantitative estimate of drug-likeness (QED) is 0.902. The summed E-state index contributed by atoms with van der Waals surface area (Å²) in [6, 6.07) is 9.11. The van der Waals surface area contributed by atoms with Crippen molar-refractivity contribution in [2.24, 2.45) is 0 Å². The number of likely N-dealkylation sites (tertiary alicyclic amines) is 1. The summed E-state index contributed by atoms with van der Waals surface area (Å²) >= 11 is 0. The van der Waals surface area contributed by atoms with Crippen LogP contribution in [0.3, 0.4) is 0 Å². The molecule has 1 aliphatic rings. The minimum Gasteiger partial charge on any atom is -0.385 e. The number of aryl methyl sites for hydroxylation is 1. The van der Waals surface area contributed by atoms with E-state index in [-0.39, 0.29) is 0 Å². The first-order valence-corrected chi connectivity index (χ1v) is 7.61. The third-order valence-electron chi connectivity index (χ3n) is 4.48. The molecule has 0 aliphatic carbocycles. The van der Waals surface area contributed by atoms with E-state index in [0.29, 0.717) is 6.04 Å². The predicted molar refractivity (Wildman–Crippen MR) is 80.3 cm³/mol. The largest absolute Gasteiger partial charge is 0.385 e. The van der Waals surface area contributed by atoms with Crippen LogP contribution in [0.2, 0.25) is 0 Å². The molecule has 0 spiro atoms. The van der Waals surface area contributed by atoms with Gasteiger partial charge in [0.2, 0.25) is 0 Å². The molecule has 1 aliphatic heterocycles. The molecule has 1 fully saturated rings. The number of aliphatic hydroxyl groups is 1. The standard InChI is InChI=1S/C17H27NO/c1-4-15-6-8-16(9-7-15)17(19)10-5-12-18(13-11-17)14(2)3/h6-9,14,19H,4-5,10-13H2,1-3H3. The van der Waals surface area contributed by atoms with Crippen LogP contribution in [0.25, 0.3) is 0 Å². The van der Waals surface area contributed by atoms with Crippen LogP contribution in [0.1, 0.15) is 51.2 Å². The highest BCUT2D eigenvalue weighted by Gasteiger charge is 2.32. The molecule has 1 heterocycles. The fraction of sp³-hybridized carbons (Fsp3) is 0.647. The van der Waals surface area contributed by atoms with Crippen molar-refractivity contribution in [3.05, 3.63) is 35.4 Å².